The Hall–Kier alpha value is -2.48. The number of rotatable bonds is 6. The third-order valence-electron chi connectivity index (χ3n) is 3.20. The SMILES string of the molecule is COc1cc(/C=C2\SC(=O)N(CC(=O)OC(C)C)C2=O)cc(OC)c1. The quantitative estimate of drug-likeness (QED) is 0.566. The lowest BCUT2D eigenvalue weighted by molar-refractivity contribution is -0.149. The monoisotopic (exact) mass is 365 g/mol. The van der Waals surface area contributed by atoms with E-state index in [1.54, 1.807) is 38.1 Å². The molecule has 0 saturated carbocycles. The molecule has 1 aromatic carbocycles. The van der Waals surface area contributed by atoms with E-state index in [4.69, 9.17) is 14.2 Å². The molecule has 1 aromatic rings. The van der Waals surface area contributed by atoms with Crippen molar-refractivity contribution in [2.75, 3.05) is 20.8 Å². The minimum atomic E-state index is -0.624. The molecular weight excluding hydrogens is 346 g/mol. The van der Waals surface area contributed by atoms with Crippen LogP contribution in [0.5, 0.6) is 11.5 Å². The van der Waals surface area contributed by atoms with Crippen molar-refractivity contribution < 1.29 is 28.6 Å². The van der Waals surface area contributed by atoms with Gasteiger partial charge in [0.1, 0.15) is 18.0 Å². The average molecular weight is 365 g/mol. The van der Waals surface area contributed by atoms with E-state index < -0.39 is 23.7 Å². The summed E-state index contributed by atoms with van der Waals surface area (Å²) in [5.74, 6) is -0.0326. The topological polar surface area (TPSA) is 82.1 Å². The van der Waals surface area contributed by atoms with E-state index in [0.717, 1.165) is 16.7 Å². The molecule has 2 rings (SSSR count). The maximum Gasteiger partial charge on any atom is 0.326 e. The first-order chi connectivity index (χ1) is 11.8. The molecule has 8 heteroatoms. The van der Waals surface area contributed by atoms with Gasteiger partial charge in [-0.1, -0.05) is 0 Å². The third-order valence-corrected chi connectivity index (χ3v) is 4.11. The number of carbonyl (C=O) groups is 3. The van der Waals surface area contributed by atoms with Gasteiger partial charge in [0.25, 0.3) is 11.1 Å². The summed E-state index contributed by atoms with van der Waals surface area (Å²) in [6.07, 6.45) is 1.25. The molecule has 0 aromatic heterocycles. The molecule has 0 atom stereocenters. The second kappa shape index (κ2) is 8.06. The predicted molar refractivity (Wildman–Crippen MR) is 93.5 cm³/mol. The van der Waals surface area contributed by atoms with Crippen LogP contribution >= 0.6 is 11.8 Å². The molecule has 0 N–H and O–H groups in total. The van der Waals surface area contributed by atoms with Gasteiger partial charge in [0.2, 0.25) is 0 Å². The zero-order valence-corrected chi connectivity index (χ0v) is 15.2. The maximum absolute atomic E-state index is 12.4. The van der Waals surface area contributed by atoms with Crippen LogP contribution in [0.25, 0.3) is 6.08 Å². The highest BCUT2D eigenvalue weighted by molar-refractivity contribution is 8.18. The summed E-state index contributed by atoms with van der Waals surface area (Å²) in [4.78, 5) is 37.2. The van der Waals surface area contributed by atoms with E-state index in [0.29, 0.717) is 17.1 Å². The molecule has 1 heterocycles. The first kappa shape index (κ1) is 18.9. The average Bonchev–Trinajstić information content (AvgIpc) is 2.81. The Morgan fingerprint density at radius 1 is 1.16 bits per heavy atom. The van der Waals surface area contributed by atoms with Crippen LogP contribution in [0.15, 0.2) is 23.1 Å². The number of methoxy groups -OCH3 is 2. The largest absolute Gasteiger partial charge is 0.497 e. The lowest BCUT2D eigenvalue weighted by Crippen LogP contribution is -2.35. The van der Waals surface area contributed by atoms with Gasteiger partial charge in [0, 0.05) is 6.07 Å². The molecule has 0 spiro atoms. The van der Waals surface area contributed by atoms with Crippen molar-refractivity contribution in [1.29, 1.82) is 0 Å². The van der Waals surface area contributed by atoms with Crippen LogP contribution in [0.4, 0.5) is 4.79 Å². The molecule has 1 aliphatic rings. The van der Waals surface area contributed by atoms with E-state index in [2.05, 4.69) is 0 Å². The van der Waals surface area contributed by atoms with Gasteiger partial charge < -0.3 is 14.2 Å². The Morgan fingerprint density at radius 3 is 2.28 bits per heavy atom. The maximum atomic E-state index is 12.4. The molecule has 2 amide bonds. The van der Waals surface area contributed by atoms with Crippen molar-refractivity contribution in [1.82, 2.24) is 4.90 Å². The Labute approximate surface area is 149 Å². The molecule has 1 aliphatic heterocycles. The summed E-state index contributed by atoms with van der Waals surface area (Å²) in [6, 6.07) is 5.12. The van der Waals surface area contributed by atoms with Crippen LogP contribution in [0.3, 0.4) is 0 Å². The first-order valence-electron chi connectivity index (χ1n) is 7.52. The number of carbonyl (C=O) groups excluding carboxylic acids is 3. The number of thioether (sulfide) groups is 1. The Balaban J connectivity index is 2.21. The summed E-state index contributed by atoms with van der Waals surface area (Å²) < 4.78 is 15.3. The molecule has 1 saturated heterocycles. The van der Waals surface area contributed by atoms with Crippen molar-refractivity contribution in [3.05, 3.63) is 28.7 Å². The number of esters is 1. The van der Waals surface area contributed by atoms with Crippen LogP contribution in [0.2, 0.25) is 0 Å². The van der Waals surface area contributed by atoms with Crippen LogP contribution in [0.1, 0.15) is 19.4 Å². The highest BCUT2D eigenvalue weighted by atomic mass is 32.2. The second-order valence-corrected chi connectivity index (χ2v) is 6.45. The van der Waals surface area contributed by atoms with E-state index in [1.807, 2.05) is 0 Å². The Morgan fingerprint density at radius 2 is 1.76 bits per heavy atom. The van der Waals surface area contributed by atoms with E-state index in [9.17, 15) is 14.4 Å². The van der Waals surface area contributed by atoms with Crippen LogP contribution in [-0.2, 0) is 14.3 Å². The van der Waals surface area contributed by atoms with E-state index >= 15 is 0 Å². The minimum Gasteiger partial charge on any atom is -0.497 e. The highest BCUT2D eigenvalue weighted by Crippen LogP contribution is 2.33. The second-order valence-electron chi connectivity index (χ2n) is 5.45. The predicted octanol–water partition coefficient (Wildman–Crippen LogP) is 2.69. The molecule has 134 valence electrons. The van der Waals surface area contributed by atoms with Crippen LogP contribution in [-0.4, -0.2) is 48.9 Å². The zero-order chi connectivity index (χ0) is 18.6. The molecular formula is C17H19NO6S. The lowest BCUT2D eigenvalue weighted by Gasteiger charge is -2.13. The van der Waals surface area contributed by atoms with Crippen molar-refractivity contribution in [2.45, 2.75) is 20.0 Å². The summed E-state index contributed by atoms with van der Waals surface area (Å²) in [6.45, 7) is 2.99. The fourth-order valence-corrected chi connectivity index (χ4v) is 2.97. The Kier molecular flexibility index (Phi) is 6.08. The molecule has 1 fully saturated rings. The number of hydrogen-bond donors (Lipinski definition) is 0. The molecule has 25 heavy (non-hydrogen) atoms. The summed E-state index contributed by atoms with van der Waals surface area (Å²) in [7, 11) is 3.04. The summed E-state index contributed by atoms with van der Waals surface area (Å²) in [5.41, 5.74) is 0.645. The summed E-state index contributed by atoms with van der Waals surface area (Å²) in [5, 5.41) is -0.508. The van der Waals surface area contributed by atoms with Gasteiger partial charge in [0.15, 0.2) is 0 Å². The number of benzene rings is 1. The number of nitrogens with zero attached hydrogens (tertiary/aromatic N) is 1. The van der Waals surface area contributed by atoms with Gasteiger partial charge in [-0.15, -0.1) is 0 Å². The van der Waals surface area contributed by atoms with Crippen LogP contribution < -0.4 is 9.47 Å². The van der Waals surface area contributed by atoms with Crippen molar-refractivity contribution in [2.24, 2.45) is 0 Å². The molecule has 0 unspecified atom stereocenters. The van der Waals surface area contributed by atoms with Gasteiger partial charge in [-0.25, -0.2) is 0 Å². The number of ether oxygens (including phenoxy) is 3. The standard InChI is InChI=1S/C17H19NO6S/c1-10(2)24-15(19)9-18-16(20)14(25-17(18)21)7-11-5-12(22-3)8-13(6-11)23-4/h5-8,10H,9H2,1-4H3/b14-7-. The van der Waals surface area contributed by atoms with E-state index in [-0.39, 0.29) is 11.0 Å². The third kappa shape index (κ3) is 4.76. The normalized spacial score (nSPS) is 15.9. The highest BCUT2D eigenvalue weighted by Gasteiger charge is 2.36. The molecule has 7 nitrogen and oxygen atoms in total. The van der Waals surface area contributed by atoms with Gasteiger partial charge in [-0.2, -0.15) is 0 Å². The fraction of sp³-hybridized carbons (Fsp3) is 0.353. The van der Waals surface area contributed by atoms with Gasteiger partial charge in [-0.05, 0) is 49.4 Å². The fourth-order valence-electron chi connectivity index (χ4n) is 2.13. The molecule has 0 bridgehead atoms. The van der Waals surface area contributed by atoms with Gasteiger partial charge in [0.05, 0.1) is 25.2 Å². The van der Waals surface area contributed by atoms with Crippen molar-refractivity contribution in [3.63, 3.8) is 0 Å². The van der Waals surface area contributed by atoms with Crippen molar-refractivity contribution in [3.8, 4) is 11.5 Å². The van der Waals surface area contributed by atoms with Crippen molar-refractivity contribution >= 4 is 35.0 Å². The molecule has 0 aliphatic carbocycles. The smallest absolute Gasteiger partial charge is 0.326 e. The Bertz CT molecular complexity index is 706. The van der Waals surface area contributed by atoms with Gasteiger partial charge in [-0.3, -0.25) is 19.3 Å². The number of imide groups is 1. The number of amides is 2. The van der Waals surface area contributed by atoms with Crippen LogP contribution in [0, 0.1) is 0 Å². The minimum absolute atomic E-state index is 0.220. The summed E-state index contributed by atoms with van der Waals surface area (Å²) >= 11 is 0.774. The lowest BCUT2D eigenvalue weighted by atomic mass is 10.2. The molecule has 0 radical (unpaired) electrons. The van der Waals surface area contributed by atoms with E-state index in [1.165, 1.54) is 14.2 Å². The zero-order valence-electron chi connectivity index (χ0n) is 14.4. The first-order valence-corrected chi connectivity index (χ1v) is 8.33. The number of hydrogen-bond acceptors (Lipinski definition) is 7. The van der Waals surface area contributed by atoms with Gasteiger partial charge >= 0.3 is 5.97 Å².